The van der Waals surface area contributed by atoms with Gasteiger partial charge in [-0.15, -0.1) is 0 Å². The van der Waals surface area contributed by atoms with Crippen LogP contribution in [-0.4, -0.2) is 49.4 Å². The van der Waals surface area contributed by atoms with Crippen molar-refractivity contribution in [3.63, 3.8) is 0 Å². The van der Waals surface area contributed by atoms with E-state index >= 15 is 0 Å². The molecule has 1 amide bonds. The first-order valence-electron chi connectivity index (χ1n) is 11.1. The Balaban J connectivity index is 1.75. The highest BCUT2D eigenvalue weighted by Gasteiger charge is 2.20. The van der Waals surface area contributed by atoms with Gasteiger partial charge in [-0.25, -0.2) is 17.7 Å². The van der Waals surface area contributed by atoms with Gasteiger partial charge in [-0.1, -0.05) is 25.5 Å². The lowest BCUT2D eigenvalue weighted by molar-refractivity contribution is -0.121. The van der Waals surface area contributed by atoms with Crippen LogP contribution in [0.15, 0.2) is 47.4 Å². The molecule has 0 radical (unpaired) electrons. The molecular weight excluding hydrogens is 440 g/mol. The summed E-state index contributed by atoms with van der Waals surface area (Å²) >= 11 is 0. The molecule has 9 heteroatoms. The van der Waals surface area contributed by atoms with Crippen LogP contribution in [0.2, 0.25) is 0 Å². The average molecular weight is 473 g/mol. The number of amides is 1. The molecule has 0 bridgehead atoms. The first kappa shape index (κ1) is 24.7. The third kappa shape index (κ3) is 5.91. The minimum atomic E-state index is -3.54. The summed E-state index contributed by atoms with van der Waals surface area (Å²) in [5, 5.41) is 2.94. The van der Waals surface area contributed by atoms with Crippen molar-refractivity contribution in [2.45, 2.75) is 50.6 Å². The van der Waals surface area contributed by atoms with Crippen LogP contribution in [0, 0.1) is 0 Å². The molecule has 1 aromatic heterocycles. The van der Waals surface area contributed by atoms with E-state index < -0.39 is 10.0 Å². The first-order chi connectivity index (χ1) is 15.8. The zero-order chi connectivity index (χ0) is 24.0. The second kappa shape index (κ2) is 10.8. The Morgan fingerprint density at radius 2 is 1.97 bits per heavy atom. The summed E-state index contributed by atoms with van der Waals surface area (Å²) in [6, 6.07) is 12.6. The maximum absolute atomic E-state index is 12.5. The fraction of sp³-hybridized carbons (Fsp3) is 0.417. The number of hydrogen-bond donors (Lipinski definition) is 1. The largest absolute Gasteiger partial charge is 0.497 e. The average Bonchev–Trinajstić information content (AvgIpc) is 3.16. The van der Waals surface area contributed by atoms with Crippen molar-refractivity contribution in [3.05, 3.63) is 53.9 Å². The Morgan fingerprint density at radius 1 is 1.18 bits per heavy atom. The number of fused-ring (bicyclic) bond motifs is 1. The van der Waals surface area contributed by atoms with Crippen LogP contribution in [0.3, 0.4) is 0 Å². The number of aromatic nitrogens is 2. The lowest BCUT2D eigenvalue weighted by atomic mass is 10.2. The number of carbonyl (C=O) groups excluding carboxylic acids is 1. The van der Waals surface area contributed by atoms with Crippen molar-refractivity contribution >= 4 is 27.0 Å². The molecular formula is C24H32N4O4S. The van der Waals surface area contributed by atoms with Gasteiger partial charge in [0.05, 0.1) is 23.0 Å². The topological polar surface area (TPSA) is 93.5 Å². The molecule has 0 atom stereocenters. The Morgan fingerprint density at radius 3 is 2.67 bits per heavy atom. The fourth-order valence-electron chi connectivity index (χ4n) is 3.58. The molecule has 0 fully saturated rings. The number of aryl methyl sites for hydroxylation is 2. The van der Waals surface area contributed by atoms with Gasteiger partial charge in [-0.3, -0.25) is 4.79 Å². The standard InChI is InChI=1S/C24H32N4O4S/c1-5-6-14-28-22-11-10-20(33(30,31)27(2)3)16-21(22)26-23(28)12-13-24(29)25-17-18-8-7-9-19(15-18)32-4/h7-11,15-16H,5-6,12-14,17H2,1-4H3,(H,25,29). The lowest BCUT2D eigenvalue weighted by Crippen LogP contribution is -2.23. The van der Waals surface area contributed by atoms with Crippen molar-refractivity contribution in [2.75, 3.05) is 21.2 Å². The summed E-state index contributed by atoms with van der Waals surface area (Å²) in [6.07, 6.45) is 2.76. The van der Waals surface area contributed by atoms with Crippen molar-refractivity contribution in [1.82, 2.24) is 19.2 Å². The van der Waals surface area contributed by atoms with Crippen molar-refractivity contribution in [1.29, 1.82) is 0 Å². The Labute approximate surface area is 195 Å². The highest BCUT2D eigenvalue weighted by Crippen LogP contribution is 2.23. The van der Waals surface area contributed by atoms with Gasteiger partial charge >= 0.3 is 0 Å². The van der Waals surface area contributed by atoms with E-state index in [4.69, 9.17) is 9.72 Å². The van der Waals surface area contributed by atoms with E-state index in [9.17, 15) is 13.2 Å². The van der Waals surface area contributed by atoms with Gasteiger partial charge in [-0.2, -0.15) is 0 Å². The first-order valence-corrected chi connectivity index (χ1v) is 12.5. The number of sulfonamides is 1. The number of nitrogens with one attached hydrogen (secondary N) is 1. The Kier molecular flexibility index (Phi) is 8.10. The number of ether oxygens (including phenoxy) is 1. The molecule has 8 nitrogen and oxygen atoms in total. The molecule has 2 aromatic carbocycles. The predicted molar refractivity (Wildman–Crippen MR) is 129 cm³/mol. The van der Waals surface area contributed by atoms with Gasteiger partial charge in [0.1, 0.15) is 11.6 Å². The molecule has 178 valence electrons. The van der Waals surface area contributed by atoms with E-state index in [0.29, 0.717) is 24.9 Å². The van der Waals surface area contributed by atoms with Gasteiger partial charge in [0.25, 0.3) is 0 Å². The molecule has 33 heavy (non-hydrogen) atoms. The highest BCUT2D eigenvalue weighted by atomic mass is 32.2. The van der Waals surface area contributed by atoms with Crippen LogP contribution >= 0.6 is 0 Å². The quantitative estimate of drug-likeness (QED) is 0.462. The van der Waals surface area contributed by atoms with Gasteiger partial charge in [-0.05, 0) is 42.3 Å². The Bertz CT molecular complexity index is 1220. The maximum atomic E-state index is 12.5. The van der Waals surface area contributed by atoms with Crippen LogP contribution in [0.1, 0.15) is 37.6 Å². The number of carbonyl (C=O) groups is 1. The molecule has 1 N–H and O–H groups in total. The maximum Gasteiger partial charge on any atom is 0.242 e. The van der Waals surface area contributed by atoms with Crippen LogP contribution in [0.25, 0.3) is 11.0 Å². The van der Waals surface area contributed by atoms with Crippen LogP contribution in [0.5, 0.6) is 5.75 Å². The smallest absolute Gasteiger partial charge is 0.242 e. The molecule has 0 saturated carbocycles. The SMILES string of the molecule is CCCCn1c(CCC(=O)NCc2cccc(OC)c2)nc2cc(S(=O)(=O)N(C)C)ccc21. The number of nitrogens with zero attached hydrogens (tertiary/aromatic N) is 3. The number of unbranched alkanes of at least 4 members (excludes halogenated alkanes) is 1. The third-order valence-corrected chi connectivity index (χ3v) is 7.32. The summed E-state index contributed by atoms with van der Waals surface area (Å²) in [5.74, 6) is 1.47. The normalized spacial score (nSPS) is 11.8. The van der Waals surface area contributed by atoms with Crippen molar-refractivity contribution < 1.29 is 17.9 Å². The van der Waals surface area contributed by atoms with Crippen LogP contribution in [0.4, 0.5) is 0 Å². The highest BCUT2D eigenvalue weighted by molar-refractivity contribution is 7.89. The number of methoxy groups -OCH3 is 1. The molecule has 0 aliphatic heterocycles. The number of imidazole rings is 1. The summed E-state index contributed by atoms with van der Waals surface area (Å²) in [4.78, 5) is 17.4. The van der Waals surface area contributed by atoms with Crippen molar-refractivity contribution in [3.8, 4) is 5.75 Å². The third-order valence-electron chi connectivity index (χ3n) is 5.51. The monoisotopic (exact) mass is 472 g/mol. The number of rotatable bonds is 11. The predicted octanol–water partition coefficient (Wildman–Crippen LogP) is 3.34. The molecule has 0 aliphatic rings. The summed E-state index contributed by atoms with van der Waals surface area (Å²) in [6.45, 7) is 3.31. The minimum absolute atomic E-state index is 0.0669. The van der Waals surface area contributed by atoms with Crippen LogP contribution in [-0.2, 0) is 34.3 Å². The van der Waals surface area contributed by atoms with Crippen LogP contribution < -0.4 is 10.1 Å². The number of hydrogen-bond acceptors (Lipinski definition) is 5. The van der Waals surface area contributed by atoms with E-state index in [2.05, 4.69) is 16.8 Å². The fourth-order valence-corrected chi connectivity index (χ4v) is 4.51. The minimum Gasteiger partial charge on any atom is -0.497 e. The van der Waals surface area contributed by atoms with E-state index in [0.717, 1.165) is 42.0 Å². The molecule has 0 spiro atoms. The second-order valence-electron chi connectivity index (χ2n) is 8.10. The zero-order valence-electron chi connectivity index (χ0n) is 19.7. The molecule has 0 saturated heterocycles. The second-order valence-corrected chi connectivity index (χ2v) is 10.3. The molecule has 3 rings (SSSR count). The molecule has 3 aromatic rings. The van der Waals surface area contributed by atoms with E-state index in [1.807, 2.05) is 24.3 Å². The number of benzene rings is 2. The van der Waals surface area contributed by atoms with Crippen molar-refractivity contribution in [2.24, 2.45) is 0 Å². The summed E-state index contributed by atoms with van der Waals surface area (Å²) in [5.41, 5.74) is 2.47. The van der Waals surface area contributed by atoms with Gasteiger partial charge in [0, 0.05) is 40.0 Å². The molecule has 0 unspecified atom stereocenters. The summed E-state index contributed by atoms with van der Waals surface area (Å²) < 4.78 is 33.5. The molecule has 0 aliphatic carbocycles. The van der Waals surface area contributed by atoms with E-state index in [1.165, 1.54) is 18.4 Å². The zero-order valence-corrected chi connectivity index (χ0v) is 20.5. The van der Waals surface area contributed by atoms with E-state index in [-0.39, 0.29) is 10.8 Å². The summed E-state index contributed by atoms with van der Waals surface area (Å²) in [7, 11) is 1.09. The lowest BCUT2D eigenvalue weighted by Gasteiger charge is -2.11. The van der Waals surface area contributed by atoms with Gasteiger partial charge in [0.15, 0.2) is 0 Å². The Hall–Kier alpha value is -2.91. The van der Waals surface area contributed by atoms with Gasteiger partial charge in [0.2, 0.25) is 15.9 Å². The van der Waals surface area contributed by atoms with E-state index in [1.54, 1.807) is 25.3 Å². The van der Waals surface area contributed by atoms with Gasteiger partial charge < -0.3 is 14.6 Å². The molecule has 1 heterocycles.